The Balaban J connectivity index is 2.19. The van der Waals surface area contributed by atoms with Crippen LogP contribution in [0, 0.1) is 11.8 Å². The number of aliphatic hydroxyl groups is 2. The zero-order valence-corrected chi connectivity index (χ0v) is 14.0. The van der Waals surface area contributed by atoms with Gasteiger partial charge in [-0.15, -0.1) is 0 Å². The fourth-order valence-corrected chi connectivity index (χ4v) is 3.25. The Morgan fingerprint density at radius 2 is 1.91 bits per heavy atom. The summed E-state index contributed by atoms with van der Waals surface area (Å²) in [4.78, 5) is 22.2. The molecule has 0 aromatic rings. The lowest BCUT2D eigenvalue weighted by Gasteiger charge is -2.16. The molecule has 3 N–H and O–H groups in total. The van der Waals surface area contributed by atoms with Gasteiger partial charge in [-0.1, -0.05) is 44.8 Å². The molecule has 0 saturated heterocycles. The molecule has 1 aliphatic carbocycles. The highest BCUT2D eigenvalue weighted by Gasteiger charge is 2.38. The number of carboxylic acid groups (broad SMARTS) is 1. The summed E-state index contributed by atoms with van der Waals surface area (Å²) in [6.45, 7) is 1.97. The van der Waals surface area contributed by atoms with E-state index in [1.807, 2.05) is 6.92 Å². The third kappa shape index (κ3) is 7.27. The van der Waals surface area contributed by atoms with Crippen LogP contribution in [-0.2, 0) is 9.59 Å². The summed E-state index contributed by atoms with van der Waals surface area (Å²) >= 11 is 0. The molecule has 23 heavy (non-hydrogen) atoms. The van der Waals surface area contributed by atoms with Gasteiger partial charge in [-0.3, -0.25) is 9.59 Å². The molecular formula is C18H30O5. The largest absolute Gasteiger partial charge is 0.481 e. The van der Waals surface area contributed by atoms with Crippen molar-refractivity contribution < 1.29 is 24.9 Å². The Morgan fingerprint density at radius 3 is 2.57 bits per heavy atom. The lowest BCUT2D eigenvalue weighted by Crippen LogP contribution is -2.18. The minimum absolute atomic E-state index is 0.0276. The maximum absolute atomic E-state index is 11.8. The molecule has 4 atom stereocenters. The van der Waals surface area contributed by atoms with E-state index in [0.717, 1.165) is 32.1 Å². The van der Waals surface area contributed by atoms with Crippen LogP contribution in [-0.4, -0.2) is 39.3 Å². The van der Waals surface area contributed by atoms with Crippen molar-refractivity contribution in [1.82, 2.24) is 0 Å². The molecule has 5 nitrogen and oxygen atoms in total. The van der Waals surface area contributed by atoms with Crippen molar-refractivity contribution in [2.24, 2.45) is 11.8 Å². The van der Waals surface area contributed by atoms with Crippen molar-refractivity contribution in [3.05, 3.63) is 12.2 Å². The Hall–Kier alpha value is -1.20. The number of carboxylic acids is 1. The number of carbonyl (C=O) groups excluding carboxylic acids is 1. The highest BCUT2D eigenvalue weighted by atomic mass is 16.4. The molecule has 1 fully saturated rings. The second kappa shape index (κ2) is 10.6. The van der Waals surface area contributed by atoms with Crippen LogP contribution in [0.4, 0.5) is 0 Å². The van der Waals surface area contributed by atoms with E-state index in [9.17, 15) is 19.8 Å². The molecule has 0 aliphatic heterocycles. The van der Waals surface area contributed by atoms with Gasteiger partial charge in [0.05, 0.1) is 12.2 Å². The summed E-state index contributed by atoms with van der Waals surface area (Å²) in [5, 5.41) is 28.3. The van der Waals surface area contributed by atoms with E-state index in [1.54, 1.807) is 12.2 Å². The normalized spacial score (nSPS) is 26.0. The minimum Gasteiger partial charge on any atom is -0.481 e. The summed E-state index contributed by atoms with van der Waals surface area (Å²) in [5.41, 5.74) is 0. The standard InChI is InChI=1S/C18H30O5/c1-2-14-15(17(21)12-16(14)20)11-10-13(19)8-6-4-3-5-7-9-18(22)23/h10-11,13-16,19-20H,2-9,12H2,1H3,(H,22,23)/b11-10+/t13-,14+,15-,16+/m0/s1. The van der Waals surface area contributed by atoms with Gasteiger partial charge in [-0.2, -0.15) is 0 Å². The van der Waals surface area contributed by atoms with Crippen LogP contribution in [0.2, 0.25) is 0 Å². The van der Waals surface area contributed by atoms with E-state index >= 15 is 0 Å². The molecular weight excluding hydrogens is 296 g/mol. The van der Waals surface area contributed by atoms with Gasteiger partial charge in [0, 0.05) is 18.8 Å². The van der Waals surface area contributed by atoms with Gasteiger partial charge < -0.3 is 15.3 Å². The SMILES string of the molecule is CC[C@H]1[C@H](O)CC(=O)[C@H]1/C=C/[C@@H](O)CCCCCCCC(=O)O. The number of hydrogen-bond acceptors (Lipinski definition) is 4. The van der Waals surface area contributed by atoms with Crippen LogP contribution in [0.3, 0.4) is 0 Å². The van der Waals surface area contributed by atoms with E-state index in [2.05, 4.69) is 0 Å². The predicted octanol–water partition coefficient (Wildman–Crippen LogP) is 2.69. The second-order valence-electron chi connectivity index (χ2n) is 6.49. The van der Waals surface area contributed by atoms with E-state index < -0.39 is 18.2 Å². The van der Waals surface area contributed by atoms with Gasteiger partial charge >= 0.3 is 5.97 Å². The summed E-state index contributed by atoms with van der Waals surface area (Å²) in [6, 6.07) is 0. The molecule has 0 heterocycles. The number of aliphatic hydroxyl groups excluding tert-OH is 2. The molecule has 0 amide bonds. The van der Waals surface area contributed by atoms with E-state index in [4.69, 9.17) is 5.11 Å². The van der Waals surface area contributed by atoms with E-state index in [1.165, 1.54) is 0 Å². The average molecular weight is 326 g/mol. The lowest BCUT2D eigenvalue weighted by atomic mass is 9.91. The highest BCUT2D eigenvalue weighted by molar-refractivity contribution is 5.85. The number of Topliss-reactive ketones (excluding diaryl/α,β-unsaturated/α-hetero) is 1. The van der Waals surface area contributed by atoms with Gasteiger partial charge in [0.2, 0.25) is 0 Å². The van der Waals surface area contributed by atoms with Crippen LogP contribution in [0.5, 0.6) is 0 Å². The molecule has 0 bridgehead atoms. The molecule has 1 saturated carbocycles. The molecule has 5 heteroatoms. The highest BCUT2D eigenvalue weighted by Crippen LogP contribution is 2.32. The Labute approximate surface area is 138 Å². The van der Waals surface area contributed by atoms with Crippen molar-refractivity contribution in [2.45, 2.75) is 76.9 Å². The Bertz CT molecular complexity index is 404. The van der Waals surface area contributed by atoms with E-state index in [-0.39, 0.29) is 30.5 Å². The van der Waals surface area contributed by atoms with Gasteiger partial charge in [0.15, 0.2) is 0 Å². The molecule has 0 unspecified atom stereocenters. The first-order valence-corrected chi connectivity index (χ1v) is 8.74. The molecule has 0 aromatic heterocycles. The first-order valence-electron chi connectivity index (χ1n) is 8.74. The monoisotopic (exact) mass is 326 g/mol. The van der Waals surface area contributed by atoms with Gasteiger partial charge in [-0.25, -0.2) is 0 Å². The van der Waals surface area contributed by atoms with Crippen LogP contribution in [0.1, 0.15) is 64.7 Å². The Kier molecular flexibility index (Phi) is 9.10. The molecule has 132 valence electrons. The number of carbonyl (C=O) groups is 2. The van der Waals surface area contributed by atoms with Gasteiger partial charge in [0.1, 0.15) is 5.78 Å². The average Bonchev–Trinajstić information content (AvgIpc) is 2.76. The van der Waals surface area contributed by atoms with Crippen molar-refractivity contribution in [3.8, 4) is 0 Å². The van der Waals surface area contributed by atoms with Crippen LogP contribution >= 0.6 is 0 Å². The first kappa shape index (κ1) is 19.8. The molecule has 0 aromatic carbocycles. The van der Waals surface area contributed by atoms with Crippen molar-refractivity contribution >= 4 is 11.8 Å². The fourth-order valence-electron chi connectivity index (χ4n) is 3.25. The maximum atomic E-state index is 11.8. The summed E-state index contributed by atoms with van der Waals surface area (Å²) in [6.07, 6.45) is 8.66. The zero-order chi connectivity index (χ0) is 17.2. The smallest absolute Gasteiger partial charge is 0.303 e. The summed E-state index contributed by atoms with van der Waals surface area (Å²) in [7, 11) is 0. The number of rotatable bonds is 11. The predicted molar refractivity (Wildman–Crippen MR) is 88.0 cm³/mol. The van der Waals surface area contributed by atoms with Gasteiger partial charge in [-0.05, 0) is 25.2 Å². The van der Waals surface area contributed by atoms with Crippen LogP contribution < -0.4 is 0 Å². The maximum Gasteiger partial charge on any atom is 0.303 e. The third-order valence-electron chi connectivity index (χ3n) is 4.64. The topological polar surface area (TPSA) is 94.8 Å². The minimum atomic E-state index is -0.748. The zero-order valence-electron chi connectivity index (χ0n) is 14.0. The fraction of sp³-hybridized carbons (Fsp3) is 0.778. The lowest BCUT2D eigenvalue weighted by molar-refractivity contribution is -0.137. The van der Waals surface area contributed by atoms with Crippen LogP contribution in [0.25, 0.3) is 0 Å². The molecule has 0 radical (unpaired) electrons. The molecule has 0 spiro atoms. The number of hydrogen-bond donors (Lipinski definition) is 3. The van der Waals surface area contributed by atoms with Crippen molar-refractivity contribution in [1.29, 1.82) is 0 Å². The van der Waals surface area contributed by atoms with Gasteiger partial charge in [0.25, 0.3) is 0 Å². The summed E-state index contributed by atoms with van der Waals surface area (Å²) in [5.74, 6) is -0.977. The number of ketones is 1. The third-order valence-corrected chi connectivity index (χ3v) is 4.64. The van der Waals surface area contributed by atoms with Crippen LogP contribution in [0.15, 0.2) is 12.2 Å². The second-order valence-corrected chi connectivity index (χ2v) is 6.49. The first-order chi connectivity index (χ1) is 11.0. The molecule has 1 rings (SSSR count). The summed E-state index contributed by atoms with van der Waals surface area (Å²) < 4.78 is 0. The quantitative estimate of drug-likeness (QED) is 0.401. The van der Waals surface area contributed by atoms with E-state index in [0.29, 0.717) is 12.8 Å². The Morgan fingerprint density at radius 1 is 1.26 bits per heavy atom. The number of allylic oxidation sites excluding steroid dienone is 1. The number of unbranched alkanes of at least 4 members (excludes halogenated alkanes) is 4. The van der Waals surface area contributed by atoms with Crippen molar-refractivity contribution in [2.75, 3.05) is 0 Å². The molecule has 1 aliphatic rings. The number of aliphatic carboxylic acids is 1. The van der Waals surface area contributed by atoms with Crippen molar-refractivity contribution in [3.63, 3.8) is 0 Å².